The number of nitrogens with one attached hydrogen (secondary N) is 1. The number of nitrogens with zero attached hydrogens (tertiary/aromatic N) is 3. The molecule has 0 bridgehead atoms. The van der Waals surface area contributed by atoms with E-state index in [-0.39, 0.29) is 12.1 Å². The van der Waals surface area contributed by atoms with Gasteiger partial charge in [-0.05, 0) is 44.6 Å². The number of carbonyl (C=O) groups excluding carboxylic acids is 1. The third kappa shape index (κ3) is 3.77. The normalized spacial score (nSPS) is 21.8. The Morgan fingerprint density at radius 1 is 1.42 bits per heavy atom. The molecule has 1 aliphatic heterocycles. The number of anilines is 1. The average molecular weight is 348 g/mol. The number of aromatic nitrogens is 2. The van der Waals surface area contributed by atoms with Gasteiger partial charge in [-0.2, -0.15) is 0 Å². The minimum absolute atomic E-state index is 0.143. The molecule has 1 fully saturated rings. The van der Waals surface area contributed by atoms with Crippen molar-refractivity contribution in [3.05, 3.63) is 17.8 Å². The molecule has 1 aliphatic rings. The smallest absolute Gasteiger partial charge is 0.410 e. The van der Waals surface area contributed by atoms with Crippen LogP contribution in [0.2, 0.25) is 0 Å². The minimum Gasteiger partial charge on any atom is -0.444 e. The summed E-state index contributed by atoms with van der Waals surface area (Å²) < 4.78 is 5.50. The molecule has 0 aromatic carbocycles. The van der Waals surface area contributed by atoms with E-state index in [1.54, 1.807) is 22.6 Å². The molecule has 2 aromatic heterocycles. The van der Waals surface area contributed by atoms with Gasteiger partial charge in [-0.25, -0.2) is 14.8 Å². The molecule has 0 spiro atoms. The molecular formula is C17H24N4O2S. The largest absolute Gasteiger partial charge is 0.444 e. The van der Waals surface area contributed by atoms with Gasteiger partial charge in [0.05, 0.1) is 5.39 Å². The maximum atomic E-state index is 12.3. The zero-order chi connectivity index (χ0) is 17.3. The van der Waals surface area contributed by atoms with Crippen molar-refractivity contribution in [3.8, 4) is 0 Å². The summed E-state index contributed by atoms with van der Waals surface area (Å²) >= 11 is 1.60. The third-order valence-corrected chi connectivity index (χ3v) is 5.01. The van der Waals surface area contributed by atoms with E-state index in [0.717, 1.165) is 29.0 Å². The van der Waals surface area contributed by atoms with Crippen LogP contribution in [0.4, 0.5) is 10.6 Å². The summed E-state index contributed by atoms with van der Waals surface area (Å²) in [6, 6.07) is 2.17. The highest BCUT2D eigenvalue weighted by Gasteiger charge is 2.31. The number of amides is 1. The van der Waals surface area contributed by atoms with Crippen molar-refractivity contribution in [1.82, 2.24) is 14.9 Å². The standard InChI is InChI=1S/C17H24N4O2S/c1-11-5-7-21(16(22)23-17(2,3)4)9-13(11)20-14-12-6-8-24-15(12)19-10-18-14/h6,8,10-11,13H,5,7,9H2,1-4H3,(H,18,19,20). The SMILES string of the molecule is CC1CCN(C(=O)OC(C)(C)C)CC1Nc1ncnc2sccc12. The van der Waals surface area contributed by atoms with Gasteiger partial charge in [-0.3, -0.25) is 0 Å². The molecule has 1 amide bonds. The molecule has 24 heavy (non-hydrogen) atoms. The first-order valence-corrected chi connectivity index (χ1v) is 9.14. The lowest BCUT2D eigenvalue weighted by Crippen LogP contribution is -2.50. The number of likely N-dealkylation sites (tertiary alicyclic amines) is 1. The van der Waals surface area contributed by atoms with Crippen LogP contribution in [-0.2, 0) is 4.74 Å². The molecular weight excluding hydrogens is 324 g/mol. The second-order valence-corrected chi connectivity index (χ2v) is 8.20. The molecule has 2 atom stereocenters. The number of hydrogen-bond donors (Lipinski definition) is 1. The van der Waals surface area contributed by atoms with Gasteiger partial charge in [-0.15, -0.1) is 11.3 Å². The lowest BCUT2D eigenvalue weighted by Gasteiger charge is -2.38. The van der Waals surface area contributed by atoms with E-state index < -0.39 is 5.60 Å². The number of thiophene rings is 1. The topological polar surface area (TPSA) is 67.3 Å². The van der Waals surface area contributed by atoms with E-state index in [9.17, 15) is 4.79 Å². The van der Waals surface area contributed by atoms with Crippen LogP contribution in [0, 0.1) is 5.92 Å². The lowest BCUT2D eigenvalue weighted by molar-refractivity contribution is 0.0176. The van der Waals surface area contributed by atoms with Gasteiger partial charge < -0.3 is 15.0 Å². The molecule has 2 aromatic rings. The van der Waals surface area contributed by atoms with E-state index in [0.29, 0.717) is 12.5 Å². The summed E-state index contributed by atoms with van der Waals surface area (Å²) in [5.41, 5.74) is -0.474. The predicted octanol–water partition coefficient (Wildman–Crippen LogP) is 3.75. The van der Waals surface area contributed by atoms with Crippen molar-refractivity contribution in [2.24, 2.45) is 5.92 Å². The molecule has 3 heterocycles. The molecule has 3 rings (SSSR count). The Balaban J connectivity index is 1.72. The Bertz CT molecular complexity index is 725. The molecule has 130 valence electrons. The number of fused-ring (bicyclic) bond motifs is 1. The van der Waals surface area contributed by atoms with Gasteiger partial charge in [0, 0.05) is 19.1 Å². The summed E-state index contributed by atoms with van der Waals surface area (Å²) in [4.78, 5) is 23.8. The fraction of sp³-hybridized carbons (Fsp3) is 0.588. The van der Waals surface area contributed by atoms with Crippen molar-refractivity contribution in [2.45, 2.75) is 45.8 Å². The zero-order valence-corrected chi connectivity index (χ0v) is 15.4. The van der Waals surface area contributed by atoms with Crippen molar-refractivity contribution in [3.63, 3.8) is 0 Å². The first-order chi connectivity index (χ1) is 11.3. The summed E-state index contributed by atoms with van der Waals surface area (Å²) in [6.45, 7) is 9.22. The minimum atomic E-state index is -0.474. The van der Waals surface area contributed by atoms with Gasteiger partial charge in [0.2, 0.25) is 0 Å². The van der Waals surface area contributed by atoms with Crippen LogP contribution < -0.4 is 5.32 Å². The zero-order valence-electron chi connectivity index (χ0n) is 14.6. The predicted molar refractivity (Wildman–Crippen MR) is 96.4 cm³/mol. The number of carbonyl (C=O) groups is 1. The fourth-order valence-corrected chi connectivity index (χ4v) is 3.56. The van der Waals surface area contributed by atoms with Crippen LogP contribution in [0.25, 0.3) is 10.2 Å². The fourth-order valence-electron chi connectivity index (χ4n) is 2.83. The van der Waals surface area contributed by atoms with Crippen LogP contribution in [0.15, 0.2) is 17.8 Å². The van der Waals surface area contributed by atoms with E-state index in [2.05, 4.69) is 22.2 Å². The monoisotopic (exact) mass is 348 g/mol. The summed E-state index contributed by atoms with van der Waals surface area (Å²) in [7, 11) is 0. The maximum absolute atomic E-state index is 12.3. The van der Waals surface area contributed by atoms with Gasteiger partial charge in [0.1, 0.15) is 22.6 Å². The molecule has 0 saturated carbocycles. The van der Waals surface area contributed by atoms with Crippen LogP contribution in [0.3, 0.4) is 0 Å². The van der Waals surface area contributed by atoms with Gasteiger partial charge in [0.25, 0.3) is 0 Å². The van der Waals surface area contributed by atoms with Gasteiger partial charge in [0.15, 0.2) is 0 Å². The number of ether oxygens (including phenoxy) is 1. The van der Waals surface area contributed by atoms with Gasteiger partial charge in [-0.1, -0.05) is 6.92 Å². The highest BCUT2D eigenvalue weighted by Crippen LogP contribution is 2.27. The molecule has 1 saturated heterocycles. The summed E-state index contributed by atoms with van der Waals surface area (Å²) in [5.74, 6) is 1.29. The molecule has 7 heteroatoms. The van der Waals surface area contributed by atoms with Gasteiger partial charge >= 0.3 is 6.09 Å². The number of rotatable bonds is 2. The van der Waals surface area contributed by atoms with E-state index in [1.165, 1.54) is 0 Å². The van der Waals surface area contributed by atoms with Crippen LogP contribution in [0.1, 0.15) is 34.1 Å². The van der Waals surface area contributed by atoms with Crippen molar-refractivity contribution >= 4 is 33.5 Å². The lowest BCUT2D eigenvalue weighted by atomic mass is 9.93. The highest BCUT2D eigenvalue weighted by molar-refractivity contribution is 7.16. The van der Waals surface area contributed by atoms with Crippen molar-refractivity contribution in [2.75, 3.05) is 18.4 Å². The first-order valence-electron chi connectivity index (χ1n) is 8.26. The first kappa shape index (κ1) is 17.0. The summed E-state index contributed by atoms with van der Waals surface area (Å²) in [6.07, 6.45) is 2.28. The Kier molecular flexibility index (Phi) is 4.62. The van der Waals surface area contributed by atoms with Crippen molar-refractivity contribution in [1.29, 1.82) is 0 Å². The van der Waals surface area contributed by atoms with Crippen LogP contribution >= 0.6 is 11.3 Å². The molecule has 2 unspecified atom stereocenters. The Labute approximate surface area is 146 Å². The second kappa shape index (κ2) is 6.55. The Morgan fingerprint density at radius 3 is 2.96 bits per heavy atom. The molecule has 6 nitrogen and oxygen atoms in total. The number of hydrogen-bond acceptors (Lipinski definition) is 6. The van der Waals surface area contributed by atoms with Crippen LogP contribution in [-0.4, -0.2) is 45.7 Å². The van der Waals surface area contributed by atoms with E-state index in [4.69, 9.17) is 4.74 Å². The quantitative estimate of drug-likeness (QED) is 0.895. The third-order valence-electron chi connectivity index (χ3n) is 4.19. The summed E-state index contributed by atoms with van der Waals surface area (Å²) in [5, 5.41) is 6.56. The second-order valence-electron chi connectivity index (χ2n) is 7.30. The van der Waals surface area contributed by atoms with Crippen LogP contribution in [0.5, 0.6) is 0 Å². The number of piperidine rings is 1. The Morgan fingerprint density at radius 2 is 2.21 bits per heavy atom. The molecule has 1 N–H and O–H groups in total. The molecule has 0 radical (unpaired) electrons. The highest BCUT2D eigenvalue weighted by atomic mass is 32.1. The average Bonchev–Trinajstić information content (AvgIpc) is 2.97. The Hall–Kier alpha value is -1.89. The maximum Gasteiger partial charge on any atom is 0.410 e. The van der Waals surface area contributed by atoms with E-state index >= 15 is 0 Å². The molecule has 0 aliphatic carbocycles. The van der Waals surface area contributed by atoms with E-state index in [1.807, 2.05) is 32.2 Å². The van der Waals surface area contributed by atoms with Crippen molar-refractivity contribution < 1.29 is 9.53 Å².